The quantitative estimate of drug-likeness (QED) is 0.776. The number of amides is 1. The number of carbonyl (C=O) groups excluding carboxylic acids is 1. The van der Waals surface area contributed by atoms with Gasteiger partial charge in [-0.05, 0) is 30.4 Å². The van der Waals surface area contributed by atoms with Gasteiger partial charge in [0.15, 0.2) is 0 Å². The summed E-state index contributed by atoms with van der Waals surface area (Å²) in [5, 5.41) is 12.2. The van der Waals surface area contributed by atoms with Crippen molar-refractivity contribution >= 4 is 5.91 Å². The first-order valence-electron chi connectivity index (χ1n) is 7.85. The second-order valence-corrected chi connectivity index (χ2v) is 6.71. The van der Waals surface area contributed by atoms with Crippen LogP contribution in [0.1, 0.15) is 39.7 Å². The van der Waals surface area contributed by atoms with Crippen molar-refractivity contribution in [1.29, 1.82) is 0 Å². The number of aliphatic hydroxyl groups excluding tert-OH is 1. The topological polar surface area (TPSA) is 58.6 Å². The Balaban J connectivity index is 2.82. The van der Waals surface area contributed by atoms with Gasteiger partial charge in [-0.15, -0.1) is 0 Å². The standard InChI is InChI=1S/C18H29NO3/c1-13(2)15(10-11-20)19-17(21)18(3,4)12-14-8-6-7-9-16(14)22-5/h6-9,13,15,20H,10-12H2,1-5H3,(H,19,21). The number of benzene rings is 1. The van der Waals surface area contributed by atoms with Crippen LogP contribution in [-0.2, 0) is 11.2 Å². The fraction of sp³-hybridized carbons (Fsp3) is 0.611. The van der Waals surface area contributed by atoms with Gasteiger partial charge in [0.25, 0.3) is 0 Å². The van der Waals surface area contributed by atoms with Gasteiger partial charge in [-0.25, -0.2) is 0 Å². The second kappa shape index (κ2) is 8.18. The molecule has 0 fully saturated rings. The number of nitrogens with one attached hydrogen (secondary N) is 1. The molecule has 1 amide bonds. The Kier molecular flexibility index (Phi) is 6.88. The number of ether oxygens (including phenoxy) is 1. The molecule has 0 bridgehead atoms. The lowest BCUT2D eigenvalue weighted by Crippen LogP contribution is -2.46. The first-order valence-corrected chi connectivity index (χ1v) is 7.85. The fourth-order valence-corrected chi connectivity index (χ4v) is 2.48. The zero-order valence-corrected chi connectivity index (χ0v) is 14.3. The normalized spacial score (nSPS) is 13.0. The molecular weight excluding hydrogens is 278 g/mol. The van der Waals surface area contributed by atoms with Gasteiger partial charge in [-0.3, -0.25) is 4.79 Å². The van der Waals surface area contributed by atoms with Gasteiger partial charge in [0.2, 0.25) is 5.91 Å². The molecule has 0 radical (unpaired) electrons. The van der Waals surface area contributed by atoms with Crippen molar-refractivity contribution in [3.05, 3.63) is 29.8 Å². The zero-order valence-electron chi connectivity index (χ0n) is 14.3. The van der Waals surface area contributed by atoms with E-state index in [1.807, 2.05) is 52.0 Å². The van der Waals surface area contributed by atoms with Gasteiger partial charge in [0.1, 0.15) is 5.75 Å². The summed E-state index contributed by atoms with van der Waals surface area (Å²) in [5.41, 5.74) is 0.477. The summed E-state index contributed by atoms with van der Waals surface area (Å²) < 4.78 is 5.36. The molecule has 1 unspecified atom stereocenters. The number of para-hydroxylation sites is 1. The molecule has 0 aromatic heterocycles. The highest BCUT2D eigenvalue weighted by atomic mass is 16.5. The number of carbonyl (C=O) groups is 1. The van der Waals surface area contributed by atoms with Crippen LogP contribution < -0.4 is 10.1 Å². The molecule has 0 heterocycles. The zero-order chi connectivity index (χ0) is 16.8. The summed E-state index contributed by atoms with van der Waals surface area (Å²) in [6.07, 6.45) is 1.18. The minimum absolute atomic E-state index is 0.00514. The van der Waals surface area contributed by atoms with E-state index < -0.39 is 5.41 Å². The van der Waals surface area contributed by atoms with E-state index in [1.165, 1.54) is 0 Å². The van der Waals surface area contributed by atoms with Gasteiger partial charge in [0.05, 0.1) is 7.11 Å². The summed E-state index contributed by atoms with van der Waals surface area (Å²) >= 11 is 0. The van der Waals surface area contributed by atoms with Gasteiger partial charge in [-0.2, -0.15) is 0 Å². The van der Waals surface area contributed by atoms with Crippen molar-refractivity contribution in [3.63, 3.8) is 0 Å². The lowest BCUT2D eigenvalue weighted by molar-refractivity contribution is -0.130. The summed E-state index contributed by atoms with van der Waals surface area (Å²) in [6.45, 7) is 8.05. The average Bonchev–Trinajstić information content (AvgIpc) is 2.46. The number of rotatable bonds is 8. The molecule has 0 aliphatic heterocycles. The van der Waals surface area contributed by atoms with Crippen LogP contribution in [0.25, 0.3) is 0 Å². The number of aliphatic hydroxyl groups is 1. The highest BCUT2D eigenvalue weighted by Gasteiger charge is 2.31. The predicted octanol–water partition coefficient (Wildman–Crippen LogP) is 2.79. The van der Waals surface area contributed by atoms with Crippen molar-refractivity contribution < 1.29 is 14.6 Å². The Morgan fingerprint density at radius 3 is 2.50 bits per heavy atom. The number of hydrogen-bond acceptors (Lipinski definition) is 3. The van der Waals surface area contributed by atoms with E-state index in [1.54, 1.807) is 7.11 Å². The van der Waals surface area contributed by atoms with E-state index in [0.717, 1.165) is 11.3 Å². The SMILES string of the molecule is COc1ccccc1CC(C)(C)C(=O)NC(CCO)C(C)C. The molecule has 124 valence electrons. The van der Waals surface area contributed by atoms with Crippen LogP contribution in [-0.4, -0.2) is 30.8 Å². The van der Waals surface area contributed by atoms with Crippen LogP contribution in [0.2, 0.25) is 0 Å². The summed E-state index contributed by atoms with van der Waals surface area (Å²) in [4.78, 5) is 12.6. The van der Waals surface area contributed by atoms with Gasteiger partial charge in [-0.1, -0.05) is 45.9 Å². The van der Waals surface area contributed by atoms with Gasteiger partial charge >= 0.3 is 0 Å². The van der Waals surface area contributed by atoms with Gasteiger partial charge < -0.3 is 15.2 Å². The molecule has 22 heavy (non-hydrogen) atoms. The van der Waals surface area contributed by atoms with E-state index in [2.05, 4.69) is 5.32 Å². The monoisotopic (exact) mass is 307 g/mol. The van der Waals surface area contributed by atoms with E-state index in [4.69, 9.17) is 9.84 Å². The highest BCUT2D eigenvalue weighted by molar-refractivity contribution is 5.82. The molecule has 0 aliphatic rings. The molecule has 0 aliphatic carbocycles. The summed E-state index contributed by atoms with van der Waals surface area (Å²) in [6, 6.07) is 7.77. The first kappa shape index (κ1) is 18.5. The highest BCUT2D eigenvalue weighted by Crippen LogP contribution is 2.28. The molecule has 4 nitrogen and oxygen atoms in total. The third-order valence-electron chi connectivity index (χ3n) is 4.00. The Labute approximate surface area is 133 Å². The molecule has 0 spiro atoms. The Morgan fingerprint density at radius 2 is 1.95 bits per heavy atom. The molecule has 1 atom stereocenters. The van der Waals surface area contributed by atoms with Crippen LogP contribution in [0.4, 0.5) is 0 Å². The molecule has 0 saturated carbocycles. The van der Waals surface area contributed by atoms with E-state index in [-0.39, 0.29) is 24.5 Å². The van der Waals surface area contributed by atoms with Crippen LogP contribution in [0.5, 0.6) is 5.75 Å². The van der Waals surface area contributed by atoms with Crippen LogP contribution >= 0.6 is 0 Å². The van der Waals surface area contributed by atoms with Crippen molar-refractivity contribution in [2.45, 2.75) is 46.6 Å². The lowest BCUT2D eigenvalue weighted by Gasteiger charge is -2.29. The number of hydrogen-bond donors (Lipinski definition) is 2. The Bertz CT molecular complexity index is 483. The minimum atomic E-state index is -0.544. The Morgan fingerprint density at radius 1 is 1.32 bits per heavy atom. The molecule has 0 saturated heterocycles. The van der Waals surface area contributed by atoms with Crippen LogP contribution in [0.3, 0.4) is 0 Å². The minimum Gasteiger partial charge on any atom is -0.496 e. The van der Waals surface area contributed by atoms with Gasteiger partial charge in [0, 0.05) is 18.1 Å². The van der Waals surface area contributed by atoms with Crippen molar-refractivity contribution in [2.24, 2.45) is 11.3 Å². The number of methoxy groups -OCH3 is 1. The van der Waals surface area contributed by atoms with Crippen molar-refractivity contribution in [2.75, 3.05) is 13.7 Å². The second-order valence-electron chi connectivity index (χ2n) is 6.71. The molecule has 1 aromatic rings. The molecular formula is C18H29NO3. The first-order chi connectivity index (χ1) is 10.3. The third kappa shape index (κ3) is 5.02. The van der Waals surface area contributed by atoms with Crippen molar-refractivity contribution in [1.82, 2.24) is 5.32 Å². The largest absolute Gasteiger partial charge is 0.496 e. The smallest absolute Gasteiger partial charge is 0.226 e. The molecule has 2 N–H and O–H groups in total. The third-order valence-corrected chi connectivity index (χ3v) is 4.00. The maximum absolute atomic E-state index is 12.6. The summed E-state index contributed by atoms with van der Waals surface area (Å²) in [5.74, 6) is 1.10. The lowest BCUT2D eigenvalue weighted by atomic mass is 9.83. The molecule has 1 rings (SSSR count). The predicted molar refractivity (Wildman–Crippen MR) is 89.0 cm³/mol. The van der Waals surface area contributed by atoms with Crippen LogP contribution in [0.15, 0.2) is 24.3 Å². The fourth-order valence-electron chi connectivity index (χ4n) is 2.48. The molecule has 4 heteroatoms. The van der Waals surface area contributed by atoms with E-state index in [9.17, 15) is 4.79 Å². The maximum atomic E-state index is 12.6. The van der Waals surface area contributed by atoms with E-state index in [0.29, 0.717) is 12.8 Å². The molecule has 1 aromatic carbocycles. The Hall–Kier alpha value is -1.55. The van der Waals surface area contributed by atoms with E-state index >= 15 is 0 Å². The maximum Gasteiger partial charge on any atom is 0.226 e. The van der Waals surface area contributed by atoms with Crippen molar-refractivity contribution in [3.8, 4) is 5.75 Å². The summed E-state index contributed by atoms with van der Waals surface area (Å²) in [7, 11) is 1.64. The average molecular weight is 307 g/mol. The van der Waals surface area contributed by atoms with Crippen LogP contribution in [0, 0.1) is 11.3 Å².